The van der Waals surface area contributed by atoms with Gasteiger partial charge < -0.3 is 4.90 Å². The lowest BCUT2D eigenvalue weighted by molar-refractivity contribution is 0.361. The zero-order valence-corrected chi connectivity index (χ0v) is 16.1. The number of nitrogens with zero attached hydrogens (tertiary/aromatic N) is 1. The summed E-state index contributed by atoms with van der Waals surface area (Å²) in [5.41, 5.74) is 5.99. The van der Waals surface area contributed by atoms with E-state index >= 15 is 0 Å². The van der Waals surface area contributed by atoms with Crippen molar-refractivity contribution in [2.45, 2.75) is 39.5 Å². The summed E-state index contributed by atoms with van der Waals surface area (Å²) >= 11 is 0. The van der Waals surface area contributed by atoms with Gasteiger partial charge in [-0.3, -0.25) is 0 Å². The highest BCUT2D eigenvalue weighted by Crippen LogP contribution is 2.19. The predicted molar refractivity (Wildman–Crippen MR) is 115 cm³/mol. The molecule has 1 rings (SSSR count). The van der Waals surface area contributed by atoms with E-state index in [-0.39, 0.29) is 0 Å². The van der Waals surface area contributed by atoms with Crippen LogP contribution in [0, 0.1) is 0 Å². The molecular formula is C24H33N. The van der Waals surface area contributed by atoms with Crippen molar-refractivity contribution in [1.29, 1.82) is 0 Å². The number of unbranched alkanes of at least 4 members (excludes halogenated alkanes) is 1. The molecule has 0 atom stereocenters. The molecule has 0 heterocycles. The maximum Gasteiger partial charge on any atom is 0.0215 e. The fourth-order valence-electron chi connectivity index (χ4n) is 2.87. The van der Waals surface area contributed by atoms with Crippen molar-refractivity contribution in [1.82, 2.24) is 4.90 Å². The molecule has 0 amide bonds. The average molecular weight is 336 g/mol. The van der Waals surface area contributed by atoms with E-state index in [0.717, 1.165) is 49.2 Å². The molecule has 0 unspecified atom stereocenters. The Labute approximate surface area is 154 Å². The highest BCUT2D eigenvalue weighted by molar-refractivity contribution is 5.64. The third-order valence-corrected chi connectivity index (χ3v) is 4.46. The van der Waals surface area contributed by atoms with Gasteiger partial charge in [0.05, 0.1) is 0 Å². The molecule has 0 spiro atoms. The van der Waals surface area contributed by atoms with Crippen molar-refractivity contribution < 1.29 is 0 Å². The Morgan fingerprint density at radius 1 is 1.08 bits per heavy atom. The lowest BCUT2D eigenvalue weighted by atomic mass is 10.0. The van der Waals surface area contributed by atoms with Gasteiger partial charge >= 0.3 is 0 Å². The van der Waals surface area contributed by atoms with Crippen LogP contribution in [0.1, 0.15) is 49.8 Å². The summed E-state index contributed by atoms with van der Waals surface area (Å²) in [7, 11) is 0. The monoisotopic (exact) mass is 335 g/mol. The van der Waals surface area contributed by atoms with E-state index in [9.17, 15) is 0 Å². The Hall–Kier alpha value is -2.28. The maximum atomic E-state index is 4.32. The number of hydrogen-bond donors (Lipinski definition) is 0. The first-order valence-electron chi connectivity index (χ1n) is 9.21. The van der Waals surface area contributed by atoms with Crippen LogP contribution < -0.4 is 0 Å². The minimum atomic E-state index is 0.855. The Kier molecular flexibility index (Phi) is 9.39. The second-order valence-electron chi connectivity index (χ2n) is 6.22. The third-order valence-electron chi connectivity index (χ3n) is 4.46. The molecule has 1 nitrogen and oxygen atoms in total. The van der Waals surface area contributed by atoms with E-state index < -0.39 is 0 Å². The van der Waals surface area contributed by atoms with Gasteiger partial charge in [0, 0.05) is 25.2 Å². The predicted octanol–water partition coefficient (Wildman–Crippen LogP) is 6.65. The van der Waals surface area contributed by atoms with E-state index in [1.807, 2.05) is 18.2 Å². The highest BCUT2D eigenvalue weighted by Gasteiger charge is 2.08. The van der Waals surface area contributed by atoms with Crippen molar-refractivity contribution in [2.24, 2.45) is 0 Å². The minimum absolute atomic E-state index is 0.855. The first-order chi connectivity index (χ1) is 12.1. The second-order valence-corrected chi connectivity index (χ2v) is 6.22. The van der Waals surface area contributed by atoms with Crippen molar-refractivity contribution >= 4 is 12.2 Å². The Balaban J connectivity index is 2.74. The van der Waals surface area contributed by atoms with Crippen LogP contribution in [0.4, 0.5) is 0 Å². The zero-order valence-electron chi connectivity index (χ0n) is 16.1. The van der Waals surface area contributed by atoms with Gasteiger partial charge in [-0.15, -0.1) is 0 Å². The van der Waals surface area contributed by atoms with Crippen LogP contribution in [0.15, 0.2) is 67.9 Å². The summed E-state index contributed by atoms with van der Waals surface area (Å²) < 4.78 is 0. The van der Waals surface area contributed by atoms with Crippen molar-refractivity contribution in [3.63, 3.8) is 0 Å². The lowest BCUT2D eigenvalue weighted by Gasteiger charge is -2.26. The smallest absolute Gasteiger partial charge is 0.0215 e. The van der Waals surface area contributed by atoms with Crippen LogP contribution in [-0.4, -0.2) is 18.0 Å². The molecule has 0 N–H and O–H groups in total. The summed E-state index contributed by atoms with van der Waals surface area (Å²) in [6, 6.07) is 6.44. The first kappa shape index (κ1) is 20.8. The molecule has 0 radical (unpaired) electrons. The molecule has 25 heavy (non-hydrogen) atoms. The van der Waals surface area contributed by atoms with Gasteiger partial charge in [0.1, 0.15) is 0 Å². The largest absolute Gasteiger partial charge is 0.375 e. The van der Waals surface area contributed by atoms with Gasteiger partial charge in [-0.25, -0.2) is 0 Å². The molecule has 0 fully saturated rings. The van der Waals surface area contributed by atoms with E-state index in [2.05, 4.69) is 69.3 Å². The fraction of sp³-hybridized carbons (Fsp3) is 0.333. The second kappa shape index (κ2) is 11.3. The molecule has 1 aromatic carbocycles. The first-order valence-corrected chi connectivity index (χ1v) is 9.21. The summed E-state index contributed by atoms with van der Waals surface area (Å²) in [6.45, 7) is 22.3. The van der Waals surface area contributed by atoms with Crippen LogP contribution in [0.25, 0.3) is 12.2 Å². The quantitative estimate of drug-likeness (QED) is 0.386. The molecule has 1 aromatic rings. The van der Waals surface area contributed by atoms with Crippen LogP contribution in [-0.2, 0) is 6.42 Å². The summed E-state index contributed by atoms with van der Waals surface area (Å²) in [6.07, 6.45) is 12.2. The summed E-state index contributed by atoms with van der Waals surface area (Å²) in [4.78, 5) is 2.36. The SMILES string of the molecule is C=C/C(=C\CCC)CCN(CC)C(=C)Cc1ccc(C=C)c(C=C)c1. The van der Waals surface area contributed by atoms with Crippen molar-refractivity contribution in [2.75, 3.05) is 13.1 Å². The molecule has 0 saturated heterocycles. The molecule has 0 aliphatic heterocycles. The van der Waals surface area contributed by atoms with Gasteiger partial charge in [-0.05, 0) is 36.5 Å². The molecule has 0 aromatic heterocycles. The van der Waals surface area contributed by atoms with Crippen molar-refractivity contribution in [3.05, 3.63) is 84.6 Å². The third kappa shape index (κ3) is 6.62. The van der Waals surface area contributed by atoms with Crippen LogP contribution in [0.2, 0.25) is 0 Å². The Morgan fingerprint density at radius 3 is 2.36 bits per heavy atom. The zero-order chi connectivity index (χ0) is 18.7. The standard InChI is InChI=1S/C24H33N/c1-7-12-13-21(8-2)16-17-25(11-5)20(6)18-22-14-15-23(9-3)24(10-4)19-22/h8-10,13-15,19H,2-4,6-7,11-12,16-18H2,1,5H3/b21-13+. The molecule has 1 heteroatoms. The van der Waals surface area contributed by atoms with Gasteiger partial charge in [0.15, 0.2) is 0 Å². The average Bonchev–Trinajstić information content (AvgIpc) is 2.64. The number of rotatable bonds is 12. The number of likely N-dealkylation sites (N-methyl/N-ethyl adjacent to an activating group) is 1. The van der Waals surface area contributed by atoms with Crippen LogP contribution in [0.5, 0.6) is 0 Å². The summed E-state index contributed by atoms with van der Waals surface area (Å²) in [5, 5.41) is 0. The highest BCUT2D eigenvalue weighted by atomic mass is 15.1. The topological polar surface area (TPSA) is 3.24 Å². The van der Waals surface area contributed by atoms with Crippen molar-refractivity contribution in [3.8, 4) is 0 Å². The molecule has 0 saturated carbocycles. The molecule has 0 bridgehead atoms. The van der Waals surface area contributed by atoms with Gasteiger partial charge in [-0.2, -0.15) is 0 Å². The molecule has 0 aliphatic rings. The van der Waals surface area contributed by atoms with Crippen LogP contribution >= 0.6 is 0 Å². The normalized spacial score (nSPS) is 11.0. The van der Waals surface area contributed by atoms with Gasteiger partial charge in [0.2, 0.25) is 0 Å². The Morgan fingerprint density at radius 2 is 1.80 bits per heavy atom. The minimum Gasteiger partial charge on any atom is -0.375 e. The van der Waals surface area contributed by atoms with E-state index in [4.69, 9.17) is 0 Å². The number of benzene rings is 1. The van der Waals surface area contributed by atoms with Gasteiger partial charge in [0.25, 0.3) is 0 Å². The number of allylic oxidation sites excluding steroid dienone is 3. The maximum absolute atomic E-state index is 4.32. The Bertz CT molecular complexity index is 633. The lowest BCUT2D eigenvalue weighted by Crippen LogP contribution is -2.24. The van der Waals surface area contributed by atoms with E-state index in [1.54, 1.807) is 0 Å². The van der Waals surface area contributed by atoms with E-state index in [0.29, 0.717) is 0 Å². The fourth-order valence-corrected chi connectivity index (χ4v) is 2.87. The van der Waals surface area contributed by atoms with Crippen LogP contribution in [0.3, 0.4) is 0 Å². The summed E-state index contributed by atoms with van der Waals surface area (Å²) in [5.74, 6) is 0. The van der Waals surface area contributed by atoms with Gasteiger partial charge in [-0.1, -0.05) is 87.7 Å². The van der Waals surface area contributed by atoms with E-state index in [1.165, 1.54) is 17.6 Å². The molecule has 134 valence electrons. The molecule has 0 aliphatic carbocycles. The number of hydrogen-bond acceptors (Lipinski definition) is 1. The molecular weight excluding hydrogens is 302 g/mol.